The standard InChI is InChI=1S/C18H20ClN3O/c1-13-15(19)6-4-7-16(13)21-18(23)12-22-10-9-20-11-14-5-2-3-8-17(14)22/h2-8,20H,9-12H2,1H3,(H,21,23). The molecule has 1 amide bonds. The van der Waals surface area contributed by atoms with Gasteiger partial charge in [0, 0.05) is 36.0 Å². The molecule has 0 aliphatic carbocycles. The fourth-order valence-electron chi connectivity index (χ4n) is 2.80. The Morgan fingerprint density at radius 3 is 2.96 bits per heavy atom. The molecule has 0 saturated carbocycles. The SMILES string of the molecule is Cc1c(Cl)cccc1NC(=O)CN1CCNCc2ccccc21. The van der Waals surface area contributed by atoms with Crippen LogP contribution in [0.4, 0.5) is 11.4 Å². The molecule has 0 unspecified atom stereocenters. The number of anilines is 2. The van der Waals surface area contributed by atoms with Gasteiger partial charge in [0.15, 0.2) is 0 Å². The molecule has 1 heterocycles. The number of hydrogen-bond donors (Lipinski definition) is 2. The summed E-state index contributed by atoms with van der Waals surface area (Å²) in [6.45, 7) is 4.73. The average Bonchev–Trinajstić information content (AvgIpc) is 2.75. The third-order valence-corrected chi connectivity index (χ3v) is 4.49. The highest BCUT2D eigenvalue weighted by Crippen LogP contribution is 2.24. The predicted molar refractivity (Wildman–Crippen MR) is 95.2 cm³/mol. The van der Waals surface area contributed by atoms with E-state index in [-0.39, 0.29) is 5.91 Å². The first kappa shape index (κ1) is 15.8. The van der Waals surface area contributed by atoms with Crippen molar-refractivity contribution in [3.63, 3.8) is 0 Å². The lowest BCUT2D eigenvalue weighted by molar-refractivity contribution is -0.115. The van der Waals surface area contributed by atoms with Gasteiger partial charge in [-0.3, -0.25) is 4.79 Å². The van der Waals surface area contributed by atoms with Crippen LogP contribution in [0.3, 0.4) is 0 Å². The molecule has 3 rings (SSSR count). The zero-order valence-electron chi connectivity index (χ0n) is 13.1. The van der Waals surface area contributed by atoms with Gasteiger partial charge in [-0.15, -0.1) is 0 Å². The highest BCUT2D eigenvalue weighted by atomic mass is 35.5. The largest absolute Gasteiger partial charge is 0.361 e. The highest BCUT2D eigenvalue weighted by molar-refractivity contribution is 6.31. The lowest BCUT2D eigenvalue weighted by atomic mass is 10.1. The van der Waals surface area contributed by atoms with Crippen molar-refractivity contribution < 1.29 is 4.79 Å². The molecule has 5 heteroatoms. The van der Waals surface area contributed by atoms with E-state index in [0.717, 1.165) is 36.6 Å². The van der Waals surface area contributed by atoms with Crippen LogP contribution in [0.1, 0.15) is 11.1 Å². The number of rotatable bonds is 3. The number of nitrogens with one attached hydrogen (secondary N) is 2. The second kappa shape index (κ2) is 7.02. The van der Waals surface area contributed by atoms with Crippen LogP contribution in [-0.2, 0) is 11.3 Å². The molecule has 23 heavy (non-hydrogen) atoms. The van der Waals surface area contributed by atoms with Gasteiger partial charge in [0.05, 0.1) is 6.54 Å². The van der Waals surface area contributed by atoms with Gasteiger partial charge in [0.2, 0.25) is 5.91 Å². The normalized spacial score (nSPS) is 14.1. The van der Waals surface area contributed by atoms with Crippen molar-refractivity contribution in [2.75, 3.05) is 29.9 Å². The lowest BCUT2D eigenvalue weighted by Crippen LogP contribution is -2.36. The Hall–Kier alpha value is -2.04. The second-order valence-corrected chi connectivity index (χ2v) is 6.09. The number of fused-ring (bicyclic) bond motifs is 1. The molecule has 0 saturated heterocycles. The fraction of sp³-hybridized carbons (Fsp3) is 0.278. The van der Waals surface area contributed by atoms with Crippen LogP contribution in [0.25, 0.3) is 0 Å². The van der Waals surface area contributed by atoms with Crippen LogP contribution in [0.2, 0.25) is 5.02 Å². The van der Waals surface area contributed by atoms with Crippen molar-refractivity contribution in [3.8, 4) is 0 Å². The van der Waals surface area contributed by atoms with Crippen molar-refractivity contribution in [2.24, 2.45) is 0 Å². The van der Waals surface area contributed by atoms with E-state index in [9.17, 15) is 4.79 Å². The first-order chi connectivity index (χ1) is 11.1. The van der Waals surface area contributed by atoms with E-state index in [1.54, 1.807) is 0 Å². The molecule has 4 nitrogen and oxygen atoms in total. The van der Waals surface area contributed by atoms with Crippen molar-refractivity contribution >= 4 is 28.9 Å². The Labute approximate surface area is 141 Å². The average molecular weight is 330 g/mol. The molecule has 0 atom stereocenters. The monoisotopic (exact) mass is 329 g/mol. The van der Waals surface area contributed by atoms with E-state index in [2.05, 4.69) is 27.7 Å². The molecule has 2 aromatic rings. The number of halogens is 1. The molecule has 0 radical (unpaired) electrons. The van der Waals surface area contributed by atoms with Gasteiger partial charge in [0.25, 0.3) is 0 Å². The van der Waals surface area contributed by atoms with E-state index < -0.39 is 0 Å². The topological polar surface area (TPSA) is 44.4 Å². The van der Waals surface area contributed by atoms with Crippen LogP contribution in [0, 0.1) is 6.92 Å². The molecule has 2 aromatic carbocycles. The molecule has 0 spiro atoms. The number of para-hydroxylation sites is 1. The third kappa shape index (κ3) is 3.66. The number of hydrogen-bond acceptors (Lipinski definition) is 3. The van der Waals surface area contributed by atoms with Crippen LogP contribution < -0.4 is 15.5 Å². The molecule has 0 fully saturated rings. The Morgan fingerprint density at radius 2 is 2.09 bits per heavy atom. The van der Waals surface area contributed by atoms with Gasteiger partial charge < -0.3 is 15.5 Å². The Bertz CT molecular complexity index is 717. The van der Waals surface area contributed by atoms with Gasteiger partial charge in [-0.25, -0.2) is 0 Å². The number of carbonyl (C=O) groups is 1. The van der Waals surface area contributed by atoms with Crippen LogP contribution >= 0.6 is 11.6 Å². The maximum atomic E-state index is 12.4. The first-order valence-electron chi connectivity index (χ1n) is 7.73. The minimum Gasteiger partial charge on any atom is -0.361 e. The second-order valence-electron chi connectivity index (χ2n) is 5.69. The van der Waals surface area contributed by atoms with E-state index in [4.69, 9.17) is 11.6 Å². The number of amides is 1. The van der Waals surface area contributed by atoms with E-state index >= 15 is 0 Å². The zero-order chi connectivity index (χ0) is 16.2. The lowest BCUT2D eigenvalue weighted by Gasteiger charge is -2.24. The number of nitrogens with zero attached hydrogens (tertiary/aromatic N) is 1. The van der Waals surface area contributed by atoms with Crippen molar-refractivity contribution in [1.29, 1.82) is 0 Å². The molecule has 0 aromatic heterocycles. The Morgan fingerprint density at radius 1 is 1.26 bits per heavy atom. The summed E-state index contributed by atoms with van der Waals surface area (Å²) in [6, 6.07) is 13.7. The summed E-state index contributed by atoms with van der Waals surface area (Å²) < 4.78 is 0. The molecular formula is C18H20ClN3O. The van der Waals surface area contributed by atoms with E-state index in [1.807, 2.05) is 37.3 Å². The summed E-state index contributed by atoms with van der Waals surface area (Å²) >= 11 is 6.11. The van der Waals surface area contributed by atoms with Crippen molar-refractivity contribution in [2.45, 2.75) is 13.5 Å². The molecule has 1 aliphatic heterocycles. The summed E-state index contributed by atoms with van der Waals surface area (Å²) in [7, 11) is 0. The maximum absolute atomic E-state index is 12.4. The molecule has 0 bridgehead atoms. The van der Waals surface area contributed by atoms with Gasteiger partial charge in [0.1, 0.15) is 0 Å². The number of benzene rings is 2. The van der Waals surface area contributed by atoms with E-state index in [1.165, 1.54) is 5.56 Å². The molecule has 2 N–H and O–H groups in total. The van der Waals surface area contributed by atoms with Crippen LogP contribution in [-0.4, -0.2) is 25.5 Å². The Kier molecular flexibility index (Phi) is 4.84. The summed E-state index contributed by atoms with van der Waals surface area (Å²) in [4.78, 5) is 14.6. The maximum Gasteiger partial charge on any atom is 0.243 e. The third-order valence-electron chi connectivity index (χ3n) is 4.08. The van der Waals surface area contributed by atoms with Gasteiger partial charge >= 0.3 is 0 Å². The zero-order valence-corrected chi connectivity index (χ0v) is 13.9. The van der Waals surface area contributed by atoms with Crippen molar-refractivity contribution in [1.82, 2.24) is 5.32 Å². The fourth-order valence-corrected chi connectivity index (χ4v) is 2.97. The van der Waals surface area contributed by atoms with Crippen LogP contribution in [0.5, 0.6) is 0 Å². The smallest absolute Gasteiger partial charge is 0.243 e. The first-order valence-corrected chi connectivity index (χ1v) is 8.11. The quantitative estimate of drug-likeness (QED) is 0.909. The molecule has 1 aliphatic rings. The summed E-state index contributed by atoms with van der Waals surface area (Å²) in [5.74, 6) is -0.0351. The summed E-state index contributed by atoms with van der Waals surface area (Å²) in [5.41, 5.74) is 4.00. The van der Waals surface area contributed by atoms with E-state index in [0.29, 0.717) is 11.6 Å². The molecule has 120 valence electrons. The minimum absolute atomic E-state index is 0.0351. The summed E-state index contributed by atoms with van der Waals surface area (Å²) in [5, 5.41) is 7.01. The predicted octanol–water partition coefficient (Wildman–Crippen LogP) is 3.20. The number of carbonyl (C=O) groups excluding carboxylic acids is 1. The Balaban J connectivity index is 1.74. The van der Waals surface area contributed by atoms with Gasteiger partial charge in [-0.2, -0.15) is 0 Å². The van der Waals surface area contributed by atoms with Crippen LogP contribution in [0.15, 0.2) is 42.5 Å². The van der Waals surface area contributed by atoms with Gasteiger partial charge in [-0.05, 0) is 36.2 Å². The van der Waals surface area contributed by atoms with Gasteiger partial charge in [-0.1, -0.05) is 35.9 Å². The molecular weight excluding hydrogens is 310 g/mol. The minimum atomic E-state index is -0.0351. The van der Waals surface area contributed by atoms with Crippen molar-refractivity contribution in [3.05, 3.63) is 58.6 Å². The highest BCUT2D eigenvalue weighted by Gasteiger charge is 2.17. The summed E-state index contributed by atoms with van der Waals surface area (Å²) in [6.07, 6.45) is 0.